The molecule has 2 rings (SSSR count). The Balaban J connectivity index is 2.36. The standard InChI is InChI=1S/C15H20O2/c1-12(17)13-6-5-7-14(10-13)15(11-16)8-3-2-4-9-15/h5-7,10,16H,2-4,8-9,11H2,1H3. The van der Waals surface area contributed by atoms with Gasteiger partial charge in [-0.25, -0.2) is 0 Å². The minimum Gasteiger partial charge on any atom is -0.395 e. The molecule has 0 radical (unpaired) electrons. The second-order valence-corrected chi connectivity index (χ2v) is 5.14. The van der Waals surface area contributed by atoms with E-state index in [-0.39, 0.29) is 17.8 Å². The summed E-state index contributed by atoms with van der Waals surface area (Å²) in [5.41, 5.74) is 1.78. The van der Waals surface area contributed by atoms with Crippen molar-refractivity contribution in [1.82, 2.24) is 0 Å². The molecular weight excluding hydrogens is 212 g/mol. The van der Waals surface area contributed by atoms with Crippen LogP contribution < -0.4 is 0 Å². The maximum atomic E-state index is 11.4. The van der Waals surface area contributed by atoms with Crippen LogP contribution in [0.1, 0.15) is 54.9 Å². The van der Waals surface area contributed by atoms with E-state index in [1.54, 1.807) is 6.92 Å². The van der Waals surface area contributed by atoms with E-state index in [0.717, 1.165) is 24.0 Å². The molecule has 92 valence electrons. The second-order valence-electron chi connectivity index (χ2n) is 5.14. The average Bonchev–Trinajstić information content (AvgIpc) is 2.39. The second kappa shape index (κ2) is 5.01. The molecule has 0 spiro atoms. The first-order chi connectivity index (χ1) is 8.18. The van der Waals surface area contributed by atoms with Crippen LogP contribution >= 0.6 is 0 Å². The van der Waals surface area contributed by atoms with Crippen molar-refractivity contribution < 1.29 is 9.90 Å². The Hall–Kier alpha value is -1.15. The summed E-state index contributed by atoms with van der Waals surface area (Å²) in [6.45, 7) is 1.78. The third-order valence-corrected chi connectivity index (χ3v) is 3.99. The van der Waals surface area contributed by atoms with Gasteiger partial charge in [0.15, 0.2) is 5.78 Å². The largest absolute Gasteiger partial charge is 0.395 e. The lowest BCUT2D eigenvalue weighted by Crippen LogP contribution is -2.33. The smallest absolute Gasteiger partial charge is 0.159 e. The fraction of sp³-hybridized carbons (Fsp3) is 0.533. The van der Waals surface area contributed by atoms with Crippen LogP contribution in [0.3, 0.4) is 0 Å². The van der Waals surface area contributed by atoms with E-state index in [2.05, 4.69) is 0 Å². The van der Waals surface area contributed by atoms with Gasteiger partial charge in [-0.3, -0.25) is 4.79 Å². The number of rotatable bonds is 3. The van der Waals surface area contributed by atoms with Gasteiger partial charge in [0.1, 0.15) is 0 Å². The summed E-state index contributed by atoms with van der Waals surface area (Å²) < 4.78 is 0. The Kier molecular flexibility index (Phi) is 3.63. The predicted molar refractivity (Wildman–Crippen MR) is 68.3 cm³/mol. The van der Waals surface area contributed by atoms with Crippen LogP contribution in [0.4, 0.5) is 0 Å². The number of benzene rings is 1. The summed E-state index contributed by atoms with van der Waals surface area (Å²) in [5, 5.41) is 9.74. The summed E-state index contributed by atoms with van der Waals surface area (Å²) in [6, 6.07) is 7.79. The first-order valence-corrected chi connectivity index (χ1v) is 6.40. The Morgan fingerprint density at radius 1 is 1.29 bits per heavy atom. The van der Waals surface area contributed by atoms with E-state index in [1.807, 2.05) is 24.3 Å². The molecule has 0 aromatic heterocycles. The van der Waals surface area contributed by atoms with Gasteiger partial charge >= 0.3 is 0 Å². The first-order valence-electron chi connectivity index (χ1n) is 6.40. The van der Waals surface area contributed by atoms with Gasteiger partial charge in [0.2, 0.25) is 0 Å². The molecule has 1 aromatic carbocycles. The van der Waals surface area contributed by atoms with Gasteiger partial charge in [-0.05, 0) is 31.4 Å². The number of aliphatic hydroxyl groups excluding tert-OH is 1. The number of hydrogen-bond acceptors (Lipinski definition) is 2. The van der Waals surface area contributed by atoms with Gasteiger partial charge in [-0.1, -0.05) is 37.5 Å². The first kappa shape index (κ1) is 12.3. The number of carbonyl (C=O) groups excluding carboxylic acids is 1. The molecule has 0 saturated heterocycles. The highest BCUT2D eigenvalue weighted by Gasteiger charge is 2.33. The Morgan fingerprint density at radius 3 is 2.59 bits per heavy atom. The van der Waals surface area contributed by atoms with Crippen molar-refractivity contribution in [3.8, 4) is 0 Å². The van der Waals surface area contributed by atoms with Crippen LogP contribution in [0.5, 0.6) is 0 Å². The van der Waals surface area contributed by atoms with Crippen molar-refractivity contribution in [1.29, 1.82) is 0 Å². The zero-order valence-corrected chi connectivity index (χ0v) is 10.4. The molecule has 0 unspecified atom stereocenters. The third-order valence-electron chi connectivity index (χ3n) is 3.99. The number of aliphatic hydroxyl groups is 1. The minimum atomic E-state index is -0.107. The topological polar surface area (TPSA) is 37.3 Å². The van der Waals surface area contributed by atoms with E-state index in [1.165, 1.54) is 19.3 Å². The van der Waals surface area contributed by atoms with Crippen molar-refractivity contribution in [3.63, 3.8) is 0 Å². The molecule has 1 fully saturated rings. The molecule has 0 aliphatic heterocycles. The van der Waals surface area contributed by atoms with E-state index in [9.17, 15) is 9.90 Å². The lowest BCUT2D eigenvalue weighted by Gasteiger charge is -2.36. The van der Waals surface area contributed by atoms with Gasteiger partial charge in [-0.15, -0.1) is 0 Å². The van der Waals surface area contributed by atoms with Gasteiger partial charge in [0, 0.05) is 11.0 Å². The zero-order chi connectivity index (χ0) is 12.3. The minimum absolute atomic E-state index is 0.0933. The molecule has 0 bridgehead atoms. The van der Waals surface area contributed by atoms with Crippen LogP contribution in [0.25, 0.3) is 0 Å². The maximum absolute atomic E-state index is 11.4. The van der Waals surface area contributed by atoms with Crippen molar-refractivity contribution >= 4 is 5.78 Å². The molecule has 0 amide bonds. The van der Waals surface area contributed by atoms with E-state index < -0.39 is 0 Å². The average molecular weight is 232 g/mol. The summed E-state index contributed by atoms with van der Waals surface area (Å²) >= 11 is 0. The van der Waals surface area contributed by atoms with Crippen LogP contribution in [0, 0.1) is 0 Å². The van der Waals surface area contributed by atoms with Crippen molar-refractivity contribution in [2.75, 3.05) is 6.61 Å². The van der Waals surface area contributed by atoms with E-state index in [0.29, 0.717) is 0 Å². The molecule has 1 N–H and O–H groups in total. The molecule has 17 heavy (non-hydrogen) atoms. The van der Waals surface area contributed by atoms with Gasteiger partial charge in [0.25, 0.3) is 0 Å². The van der Waals surface area contributed by atoms with Crippen molar-refractivity contribution in [3.05, 3.63) is 35.4 Å². The highest BCUT2D eigenvalue weighted by Crippen LogP contribution is 2.39. The quantitative estimate of drug-likeness (QED) is 0.813. The normalized spacial score (nSPS) is 18.9. The van der Waals surface area contributed by atoms with E-state index >= 15 is 0 Å². The summed E-state index contributed by atoms with van der Waals surface area (Å²) in [4.78, 5) is 11.4. The molecule has 2 heteroatoms. The maximum Gasteiger partial charge on any atom is 0.159 e. The molecule has 0 heterocycles. The predicted octanol–water partition coefficient (Wildman–Crippen LogP) is 3.08. The molecule has 1 saturated carbocycles. The molecule has 0 atom stereocenters. The lowest BCUT2D eigenvalue weighted by atomic mass is 9.70. The molecule has 2 nitrogen and oxygen atoms in total. The SMILES string of the molecule is CC(=O)c1cccc(C2(CO)CCCCC2)c1. The van der Waals surface area contributed by atoms with Crippen molar-refractivity contribution in [2.45, 2.75) is 44.4 Å². The Morgan fingerprint density at radius 2 is 2.00 bits per heavy atom. The highest BCUT2D eigenvalue weighted by molar-refractivity contribution is 5.94. The van der Waals surface area contributed by atoms with Gasteiger partial charge < -0.3 is 5.11 Å². The molecule has 1 aromatic rings. The van der Waals surface area contributed by atoms with Crippen LogP contribution in [0.2, 0.25) is 0 Å². The highest BCUT2D eigenvalue weighted by atomic mass is 16.3. The Labute approximate surface area is 103 Å². The van der Waals surface area contributed by atoms with Crippen molar-refractivity contribution in [2.24, 2.45) is 0 Å². The molecule has 1 aliphatic carbocycles. The monoisotopic (exact) mass is 232 g/mol. The zero-order valence-electron chi connectivity index (χ0n) is 10.4. The number of ketones is 1. The van der Waals surface area contributed by atoms with Crippen LogP contribution in [0.15, 0.2) is 24.3 Å². The van der Waals surface area contributed by atoms with Crippen LogP contribution in [-0.2, 0) is 5.41 Å². The fourth-order valence-electron chi connectivity index (χ4n) is 2.83. The Bertz CT molecular complexity index is 403. The number of hydrogen-bond donors (Lipinski definition) is 1. The lowest BCUT2D eigenvalue weighted by molar-refractivity contribution is 0.101. The molecular formula is C15H20O2. The number of carbonyl (C=O) groups is 1. The third kappa shape index (κ3) is 2.42. The van der Waals surface area contributed by atoms with Gasteiger partial charge in [0.05, 0.1) is 6.61 Å². The van der Waals surface area contributed by atoms with Gasteiger partial charge in [-0.2, -0.15) is 0 Å². The summed E-state index contributed by atoms with van der Waals surface area (Å²) in [6.07, 6.45) is 5.67. The summed E-state index contributed by atoms with van der Waals surface area (Å²) in [5.74, 6) is 0.0933. The van der Waals surface area contributed by atoms with E-state index in [4.69, 9.17) is 0 Å². The molecule has 1 aliphatic rings. The fourth-order valence-corrected chi connectivity index (χ4v) is 2.83. The summed E-state index contributed by atoms with van der Waals surface area (Å²) in [7, 11) is 0. The van der Waals surface area contributed by atoms with Crippen LogP contribution in [-0.4, -0.2) is 17.5 Å². The number of Topliss-reactive ketones (excluding diaryl/α,β-unsaturated/α-hetero) is 1.